The number of hydrogen-bond acceptors (Lipinski definition) is 4. The minimum Gasteiger partial charge on any atom is -0.444 e. The Balaban J connectivity index is 1.80. The molecule has 1 N–H and O–H groups in total. The predicted octanol–water partition coefficient (Wildman–Crippen LogP) is 4.05. The summed E-state index contributed by atoms with van der Waals surface area (Å²) in [6.45, 7) is 1.96. The molecule has 0 bridgehead atoms. The van der Waals surface area contributed by atoms with Gasteiger partial charge in [0.05, 0.1) is 18.4 Å². The molecule has 5 heteroatoms. The molecule has 0 saturated heterocycles. The minimum atomic E-state index is -0.337. The van der Waals surface area contributed by atoms with Gasteiger partial charge in [-0.15, -0.1) is 0 Å². The topological polar surface area (TPSA) is 51.0 Å². The Bertz CT molecular complexity index is 728. The molecule has 1 atom stereocenters. The van der Waals surface area contributed by atoms with E-state index in [0.29, 0.717) is 5.76 Å². The molecule has 0 amide bonds. The molecule has 0 aliphatic carbocycles. The van der Waals surface area contributed by atoms with Gasteiger partial charge in [0.2, 0.25) is 0 Å². The van der Waals surface area contributed by atoms with Crippen molar-refractivity contribution in [2.45, 2.75) is 13.0 Å². The summed E-state index contributed by atoms with van der Waals surface area (Å²) >= 11 is 0. The number of nitrogens with one attached hydrogen (secondary N) is 1. The Morgan fingerprint density at radius 2 is 2.05 bits per heavy atom. The van der Waals surface area contributed by atoms with Crippen LogP contribution >= 0.6 is 0 Å². The Kier molecular flexibility index (Phi) is 3.64. The van der Waals surface area contributed by atoms with Crippen molar-refractivity contribution in [2.75, 3.05) is 5.32 Å². The highest BCUT2D eigenvalue weighted by molar-refractivity contribution is 5.63. The fourth-order valence-corrected chi connectivity index (χ4v) is 2.12. The third-order valence-electron chi connectivity index (χ3n) is 3.19. The van der Waals surface area contributed by atoms with E-state index in [0.717, 1.165) is 16.8 Å². The van der Waals surface area contributed by atoms with Gasteiger partial charge in [-0.2, -0.15) is 0 Å². The van der Waals surface area contributed by atoms with E-state index < -0.39 is 0 Å². The third-order valence-corrected chi connectivity index (χ3v) is 3.19. The lowest BCUT2D eigenvalue weighted by atomic mass is 10.1. The van der Waals surface area contributed by atoms with Crippen LogP contribution in [0.1, 0.15) is 18.5 Å². The largest absolute Gasteiger partial charge is 0.444 e. The van der Waals surface area contributed by atoms with Crippen LogP contribution in [-0.2, 0) is 0 Å². The maximum atomic E-state index is 13.2. The molecule has 21 heavy (non-hydrogen) atoms. The van der Waals surface area contributed by atoms with E-state index in [1.165, 1.54) is 18.7 Å². The fourth-order valence-electron chi connectivity index (χ4n) is 2.12. The molecule has 3 aromatic rings. The second-order valence-corrected chi connectivity index (χ2v) is 4.75. The normalized spacial score (nSPS) is 12.1. The molecule has 2 aromatic heterocycles. The van der Waals surface area contributed by atoms with Crippen LogP contribution in [-0.4, -0.2) is 9.97 Å². The summed E-state index contributed by atoms with van der Waals surface area (Å²) in [5.74, 6) is 0.371. The van der Waals surface area contributed by atoms with Crippen molar-refractivity contribution in [1.82, 2.24) is 9.97 Å². The average molecular weight is 283 g/mol. The molecule has 0 fully saturated rings. The number of nitrogens with zero attached hydrogens (tertiary/aromatic N) is 2. The summed E-state index contributed by atoms with van der Waals surface area (Å²) < 4.78 is 18.5. The summed E-state index contributed by atoms with van der Waals surface area (Å²) in [5, 5.41) is 3.32. The fraction of sp³-hybridized carbons (Fsp3) is 0.125. The number of hydrogen-bond donors (Lipinski definition) is 1. The summed E-state index contributed by atoms with van der Waals surface area (Å²) in [6, 6.07) is 9.20. The van der Waals surface area contributed by atoms with Gasteiger partial charge in [-0.05, 0) is 30.7 Å². The number of pyridine rings is 1. The summed E-state index contributed by atoms with van der Waals surface area (Å²) in [6.07, 6.45) is 5.91. The molecule has 0 spiro atoms. The molecule has 2 heterocycles. The molecule has 0 aliphatic heterocycles. The number of aromatic nitrogens is 2. The monoisotopic (exact) mass is 283 g/mol. The highest BCUT2D eigenvalue weighted by Crippen LogP contribution is 2.25. The van der Waals surface area contributed by atoms with Crippen molar-refractivity contribution >= 4 is 5.69 Å². The van der Waals surface area contributed by atoms with Gasteiger partial charge in [0.25, 0.3) is 0 Å². The van der Waals surface area contributed by atoms with E-state index >= 15 is 0 Å². The highest BCUT2D eigenvalue weighted by Gasteiger charge is 2.08. The summed E-state index contributed by atoms with van der Waals surface area (Å²) in [7, 11) is 0. The van der Waals surface area contributed by atoms with Crippen LogP contribution in [0.2, 0.25) is 0 Å². The van der Waals surface area contributed by atoms with Crippen LogP contribution in [0.3, 0.4) is 0 Å². The van der Waals surface area contributed by atoms with Crippen molar-refractivity contribution in [1.29, 1.82) is 0 Å². The molecule has 0 saturated carbocycles. The van der Waals surface area contributed by atoms with Gasteiger partial charge in [0.1, 0.15) is 5.82 Å². The molecular formula is C16H14FN3O. The van der Waals surface area contributed by atoms with Crippen molar-refractivity contribution in [3.05, 3.63) is 66.7 Å². The maximum absolute atomic E-state index is 13.2. The van der Waals surface area contributed by atoms with Crippen molar-refractivity contribution < 1.29 is 8.81 Å². The Labute approximate surface area is 121 Å². The number of rotatable bonds is 4. The first-order chi connectivity index (χ1) is 10.2. The lowest BCUT2D eigenvalue weighted by Gasteiger charge is -2.15. The standard InChI is InChI=1S/C16H14FN3O/c1-11(13-5-14(17)8-18-7-13)20-15-4-2-3-12(6-15)16-9-19-10-21-16/h2-11,20H,1H3. The lowest BCUT2D eigenvalue weighted by molar-refractivity contribution is 0.572. The third kappa shape index (κ3) is 3.08. The van der Waals surface area contributed by atoms with Crippen molar-refractivity contribution in [2.24, 2.45) is 0 Å². The zero-order chi connectivity index (χ0) is 14.7. The summed E-state index contributed by atoms with van der Waals surface area (Å²) in [5.41, 5.74) is 2.64. The minimum absolute atomic E-state index is 0.0572. The first kappa shape index (κ1) is 13.3. The van der Waals surface area contributed by atoms with Crippen molar-refractivity contribution in [3.63, 3.8) is 0 Å². The van der Waals surface area contributed by atoms with Crippen LogP contribution in [0, 0.1) is 5.82 Å². The zero-order valence-corrected chi connectivity index (χ0v) is 11.5. The average Bonchev–Trinajstić information content (AvgIpc) is 3.02. The Morgan fingerprint density at radius 3 is 2.81 bits per heavy atom. The Morgan fingerprint density at radius 1 is 1.14 bits per heavy atom. The van der Waals surface area contributed by atoms with Gasteiger partial charge in [-0.1, -0.05) is 12.1 Å². The molecule has 0 aliphatic rings. The molecule has 3 rings (SSSR count). The quantitative estimate of drug-likeness (QED) is 0.784. The van der Waals surface area contributed by atoms with Gasteiger partial charge < -0.3 is 9.73 Å². The van der Waals surface area contributed by atoms with E-state index in [-0.39, 0.29) is 11.9 Å². The molecule has 1 unspecified atom stereocenters. The van der Waals surface area contributed by atoms with E-state index in [1.54, 1.807) is 12.4 Å². The van der Waals surface area contributed by atoms with Gasteiger partial charge in [0.15, 0.2) is 12.2 Å². The zero-order valence-electron chi connectivity index (χ0n) is 11.5. The molecular weight excluding hydrogens is 269 g/mol. The SMILES string of the molecule is CC(Nc1cccc(-c2cnco2)c1)c1cncc(F)c1. The van der Waals surface area contributed by atoms with Crippen LogP contribution < -0.4 is 5.32 Å². The van der Waals surface area contributed by atoms with E-state index in [4.69, 9.17) is 4.42 Å². The number of halogens is 1. The molecule has 0 radical (unpaired) electrons. The predicted molar refractivity (Wildman–Crippen MR) is 78.2 cm³/mol. The van der Waals surface area contributed by atoms with Gasteiger partial charge in [0, 0.05) is 17.4 Å². The van der Waals surface area contributed by atoms with Gasteiger partial charge in [-0.25, -0.2) is 9.37 Å². The highest BCUT2D eigenvalue weighted by atomic mass is 19.1. The lowest BCUT2D eigenvalue weighted by Crippen LogP contribution is -2.07. The van der Waals surface area contributed by atoms with Crippen LogP contribution in [0.5, 0.6) is 0 Å². The second-order valence-electron chi connectivity index (χ2n) is 4.75. The van der Waals surface area contributed by atoms with E-state index in [2.05, 4.69) is 15.3 Å². The molecule has 1 aromatic carbocycles. The second kappa shape index (κ2) is 5.75. The van der Waals surface area contributed by atoms with E-state index in [9.17, 15) is 4.39 Å². The first-order valence-corrected chi connectivity index (χ1v) is 6.58. The van der Waals surface area contributed by atoms with Gasteiger partial charge >= 0.3 is 0 Å². The number of anilines is 1. The molecule has 106 valence electrons. The first-order valence-electron chi connectivity index (χ1n) is 6.58. The van der Waals surface area contributed by atoms with Crippen LogP contribution in [0.25, 0.3) is 11.3 Å². The smallest absolute Gasteiger partial charge is 0.181 e. The maximum Gasteiger partial charge on any atom is 0.181 e. The van der Waals surface area contributed by atoms with Crippen LogP contribution in [0.15, 0.2) is 59.7 Å². The van der Waals surface area contributed by atoms with Gasteiger partial charge in [-0.3, -0.25) is 4.98 Å². The van der Waals surface area contributed by atoms with Crippen LogP contribution in [0.4, 0.5) is 10.1 Å². The number of benzene rings is 1. The Hall–Kier alpha value is -2.69. The molecule has 4 nitrogen and oxygen atoms in total. The van der Waals surface area contributed by atoms with Crippen molar-refractivity contribution in [3.8, 4) is 11.3 Å². The summed E-state index contributed by atoms with van der Waals surface area (Å²) in [4.78, 5) is 7.78. The van der Waals surface area contributed by atoms with E-state index in [1.807, 2.05) is 31.2 Å². The number of oxazole rings is 1.